The van der Waals surface area contributed by atoms with E-state index in [1.807, 2.05) is 59.1 Å². The van der Waals surface area contributed by atoms with Crippen LogP contribution in [0.5, 0.6) is 0 Å². The van der Waals surface area contributed by atoms with Gasteiger partial charge in [-0.25, -0.2) is 9.97 Å². The van der Waals surface area contributed by atoms with Crippen LogP contribution in [0, 0.1) is 6.92 Å². The lowest BCUT2D eigenvalue weighted by atomic mass is 10.3. The zero-order valence-electron chi connectivity index (χ0n) is 20.2. The maximum absolute atomic E-state index is 13.0. The van der Waals surface area contributed by atoms with Gasteiger partial charge in [-0.15, -0.1) is 0 Å². The maximum Gasteiger partial charge on any atom is 0.274 e. The molecule has 0 bridgehead atoms. The number of nitrogens with zero attached hydrogens (tertiary/aromatic N) is 7. The van der Waals surface area contributed by atoms with Gasteiger partial charge < -0.3 is 25.2 Å². The molecule has 0 spiro atoms. The first-order valence-electron chi connectivity index (χ1n) is 11.0. The summed E-state index contributed by atoms with van der Waals surface area (Å²) in [4.78, 5) is 30.6. The van der Waals surface area contributed by atoms with Crippen LogP contribution in [0.15, 0.2) is 18.3 Å². The predicted octanol–water partition coefficient (Wildman–Crippen LogP) is 1.67. The molecule has 0 radical (unpaired) electrons. The number of aromatic nitrogens is 5. The quantitative estimate of drug-likeness (QED) is 0.417. The van der Waals surface area contributed by atoms with Crippen LogP contribution < -0.4 is 15.5 Å². The molecule has 0 unspecified atom stereocenters. The van der Waals surface area contributed by atoms with Crippen LogP contribution in [0.25, 0.3) is 11.0 Å². The summed E-state index contributed by atoms with van der Waals surface area (Å²) in [5.41, 5.74) is 2.42. The van der Waals surface area contributed by atoms with Crippen molar-refractivity contribution in [1.29, 1.82) is 0 Å². The first kappa shape index (κ1) is 24.3. The van der Waals surface area contributed by atoms with Crippen molar-refractivity contribution in [3.05, 3.63) is 29.6 Å². The number of aryl methyl sites for hydroxylation is 1. The van der Waals surface area contributed by atoms with Crippen LogP contribution in [-0.2, 0) is 11.3 Å². The summed E-state index contributed by atoms with van der Waals surface area (Å²) in [7, 11) is 7.62. The Bertz CT molecular complexity index is 1090. The largest absolute Gasteiger partial charge is 0.380 e. The lowest BCUT2D eigenvalue weighted by Gasteiger charge is -2.14. The van der Waals surface area contributed by atoms with E-state index in [2.05, 4.69) is 25.7 Å². The normalized spacial score (nSPS) is 11.2. The molecule has 33 heavy (non-hydrogen) atoms. The molecule has 0 atom stereocenters. The number of hydrogen-bond acceptors (Lipinski definition) is 9. The number of ether oxygens (including phenoxy) is 1. The first-order valence-corrected chi connectivity index (χ1v) is 11.0. The number of pyridine rings is 1. The van der Waals surface area contributed by atoms with Crippen LogP contribution in [-0.4, -0.2) is 90.0 Å². The number of rotatable bonds is 11. The Hall–Kier alpha value is -3.31. The van der Waals surface area contributed by atoms with Gasteiger partial charge in [-0.1, -0.05) is 0 Å². The highest BCUT2D eigenvalue weighted by Gasteiger charge is 2.24. The molecule has 2 N–H and O–H groups in total. The van der Waals surface area contributed by atoms with Gasteiger partial charge >= 0.3 is 0 Å². The third-order valence-corrected chi connectivity index (χ3v) is 4.85. The number of hydrogen-bond donors (Lipinski definition) is 2. The maximum atomic E-state index is 13.0. The van der Waals surface area contributed by atoms with E-state index in [-0.39, 0.29) is 11.6 Å². The monoisotopic (exact) mass is 455 g/mol. The molecule has 3 rings (SSSR count). The van der Waals surface area contributed by atoms with Crippen molar-refractivity contribution in [2.24, 2.45) is 0 Å². The standard InChI is InChI=1S/C22H33N9O2/c1-7-33-13-12-31-19-17(18(28-31)21(32)24-10-11-29(3)4)26-22(30(5)6)27-20(19)25-16-14-15(2)8-9-23-16/h8-9,14H,7,10-13H2,1-6H3,(H,24,32)(H,23,25,26,27). The molecule has 0 aliphatic heterocycles. The second-order valence-electron chi connectivity index (χ2n) is 8.14. The number of nitrogens with one attached hydrogen (secondary N) is 2. The number of anilines is 3. The van der Waals surface area contributed by atoms with Crippen molar-refractivity contribution < 1.29 is 9.53 Å². The lowest BCUT2D eigenvalue weighted by molar-refractivity contribution is 0.0945. The molecule has 1 amide bonds. The zero-order valence-corrected chi connectivity index (χ0v) is 20.2. The molecule has 0 aromatic carbocycles. The summed E-state index contributed by atoms with van der Waals surface area (Å²) in [5, 5.41) is 10.8. The fourth-order valence-corrected chi connectivity index (χ4v) is 3.17. The van der Waals surface area contributed by atoms with Gasteiger partial charge in [-0.3, -0.25) is 9.48 Å². The summed E-state index contributed by atoms with van der Waals surface area (Å²) in [6, 6.07) is 3.85. The predicted molar refractivity (Wildman–Crippen MR) is 129 cm³/mol. The minimum Gasteiger partial charge on any atom is -0.380 e. The number of likely N-dealkylation sites (N-methyl/N-ethyl adjacent to an activating group) is 1. The Labute approximate surface area is 194 Å². The molecule has 0 saturated carbocycles. The van der Waals surface area contributed by atoms with Crippen molar-refractivity contribution in [1.82, 2.24) is 34.9 Å². The number of carbonyl (C=O) groups is 1. The van der Waals surface area contributed by atoms with Gasteiger partial charge in [0.25, 0.3) is 5.91 Å². The number of carbonyl (C=O) groups excluding carboxylic acids is 1. The molecule has 178 valence electrons. The van der Waals surface area contributed by atoms with E-state index < -0.39 is 0 Å². The van der Waals surface area contributed by atoms with Gasteiger partial charge in [0.15, 0.2) is 11.5 Å². The van der Waals surface area contributed by atoms with E-state index in [0.29, 0.717) is 54.9 Å². The summed E-state index contributed by atoms with van der Waals surface area (Å²) >= 11 is 0. The smallest absolute Gasteiger partial charge is 0.274 e. The highest BCUT2D eigenvalue weighted by atomic mass is 16.5. The summed E-state index contributed by atoms with van der Waals surface area (Å²) < 4.78 is 7.26. The highest BCUT2D eigenvalue weighted by molar-refractivity contribution is 6.06. The molecular formula is C22H33N9O2. The van der Waals surface area contributed by atoms with E-state index in [1.54, 1.807) is 15.8 Å². The summed E-state index contributed by atoms with van der Waals surface area (Å²) in [6.07, 6.45) is 1.74. The zero-order chi connectivity index (χ0) is 24.0. The Morgan fingerprint density at radius 1 is 1.21 bits per heavy atom. The Morgan fingerprint density at radius 2 is 2.00 bits per heavy atom. The molecule has 0 fully saturated rings. The van der Waals surface area contributed by atoms with Gasteiger partial charge in [-0.05, 0) is 45.6 Å². The average molecular weight is 456 g/mol. The minimum absolute atomic E-state index is 0.256. The lowest BCUT2D eigenvalue weighted by Crippen LogP contribution is -2.31. The Morgan fingerprint density at radius 3 is 2.67 bits per heavy atom. The number of fused-ring (bicyclic) bond motifs is 1. The van der Waals surface area contributed by atoms with Crippen LogP contribution in [0.3, 0.4) is 0 Å². The molecular weight excluding hydrogens is 422 g/mol. The van der Waals surface area contributed by atoms with E-state index in [4.69, 9.17) is 9.72 Å². The second-order valence-corrected chi connectivity index (χ2v) is 8.14. The SMILES string of the molecule is CCOCCn1nc(C(=O)NCCN(C)C)c2nc(N(C)C)nc(Nc3cc(C)ccn3)c21. The van der Waals surface area contributed by atoms with Crippen molar-refractivity contribution in [2.45, 2.75) is 20.4 Å². The van der Waals surface area contributed by atoms with Crippen LogP contribution in [0.2, 0.25) is 0 Å². The topological polar surface area (TPSA) is 113 Å². The van der Waals surface area contributed by atoms with E-state index in [0.717, 1.165) is 12.1 Å². The van der Waals surface area contributed by atoms with Crippen LogP contribution in [0.4, 0.5) is 17.6 Å². The van der Waals surface area contributed by atoms with E-state index in [1.165, 1.54) is 0 Å². The third kappa shape index (κ3) is 6.14. The van der Waals surface area contributed by atoms with Crippen molar-refractivity contribution in [2.75, 3.05) is 64.7 Å². The van der Waals surface area contributed by atoms with E-state index in [9.17, 15) is 4.79 Å². The fourth-order valence-electron chi connectivity index (χ4n) is 3.17. The van der Waals surface area contributed by atoms with Crippen molar-refractivity contribution >= 4 is 34.5 Å². The molecule has 0 aliphatic rings. The van der Waals surface area contributed by atoms with Gasteiger partial charge in [-0.2, -0.15) is 10.1 Å². The fraction of sp³-hybridized carbons (Fsp3) is 0.500. The highest BCUT2D eigenvalue weighted by Crippen LogP contribution is 2.28. The number of amides is 1. The van der Waals surface area contributed by atoms with Crippen molar-refractivity contribution in [3.8, 4) is 0 Å². The molecule has 3 heterocycles. The molecule has 11 nitrogen and oxygen atoms in total. The summed E-state index contributed by atoms with van der Waals surface area (Å²) in [6.45, 7) is 6.66. The van der Waals surface area contributed by atoms with Crippen molar-refractivity contribution in [3.63, 3.8) is 0 Å². The van der Waals surface area contributed by atoms with Gasteiger partial charge in [0, 0.05) is 40.0 Å². The van der Waals surface area contributed by atoms with Crippen LogP contribution >= 0.6 is 0 Å². The minimum atomic E-state index is -0.278. The third-order valence-electron chi connectivity index (χ3n) is 4.85. The van der Waals surface area contributed by atoms with Gasteiger partial charge in [0.2, 0.25) is 5.95 Å². The summed E-state index contributed by atoms with van der Waals surface area (Å²) in [5.74, 6) is 1.36. The Kier molecular flexibility index (Phi) is 8.12. The van der Waals surface area contributed by atoms with Gasteiger partial charge in [0.1, 0.15) is 16.9 Å². The first-order chi connectivity index (χ1) is 15.8. The second kappa shape index (κ2) is 11.0. The molecule has 11 heteroatoms. The molecule has 0 saturated heterocycles. The molecule has 3 aromatic heterocycles. The average Bonchev–Trinajstić information content (AvgIpc) is 3.12. The molecule has 3 aromatic rings. The van der Waals surface area contributed by atoms with E-state index >= 15 is 0 Å². The Balaban J connectivity index is 2.10. The van der Waals surface area contributed by atoms with Crippen LogP contribution in [0.1, 0.15) is 23.0 Å². The van der Waals surface area contributed by atoms with Gasteiger partial charge in [0.05, 0.1) is 13.2 Å². The molecule has 0 aliphatic carbocycles.